The van der Waals surface area contributed by atoms with E-state index in [-0.39, 0.29) is 6.04 Å². The van der Waals surface area contributed by atoms with Crippen LogP contribution >= 0.6 is 11.8 Å². The Balaban J connectivity index is 1.06. The van der Waals surface area contributed by atoms with Crippen LogP contribution in [0, 0.1) is 0 Å². The van der Waals surface area contributed by atoms with Gasteiger partial charge < -0.3 is 9.73 Å². The lowest BCUT2D eigenvalue weighted by Crippen LogP contribution is -2.32. The number of hydrogen-bond donors (Lipinski definition) is 1. The second-order valence-corrected chi connectivity index (χ2v) is 13.9. The summed E-state index contributed by atoms with van der Waals surface area (Å²) in [5, 5.41) is 6.01. The number of hydrogen-bond acceptors (Lipinski definition) is 4. The first-order chi connectivity index (χ1) is 24.8. The van der Waals surface area contributed by atoms with Gasteiger partial charge in [-0.25, -0.2) is 4.99 Å². The lowest BCUT2D eigenvalue weighted by molar-refractivity contribution is 0.669. The van der Waals surface area contributed by atoms with Crippen molar-refractivity contribution in [3.8, 4) is 33.4 Å². The van der Waals surface area contributed by atoms with E-state index in [0.717, 1.165) is 55.7 Å². The van der Waals surface area contributed by atoms with Crippen LogP contribution in [0.4, 0.5) is 0 Å². The van der Waals surface area contributed by atoms with Gasteiger partial charge >= 0.3 is 0 Å². The van der Waals surface area contributed by atoms with E-state index in [9.17, 15) is 0 Å². The first kappa shape index (κ1) is 28.9. The standard InChI is InChI=1S/C46H30N2OS/c1-3-10-29(11-4-1)31-18-20-33(21-19-31)35-26-27-36-40(28-35)49-39-16-9-15-38(42(36)39)46-47-43(45-44(48-46)37-14-7-8-17-41(37)50-45)34-24-22-32(23-25-34)30-12-5-2-6-13-30/h1-28,44H,(H,47,48). The zero-order valence-electron chi connectivity index (χ0n) is 27.0. The number of thioether (sulfide) groups is 1. The molecule has 1 atom stereocenters. The van der Waals surface area contributed by atoms with Crippen LogP contribution in [0.3, 0.4) is 0 Å². The van der Waals surface area contributed by atoms with Gasteiger partial charge in [0.1, 0.15) is 17.0 Å². The summed E-state index contributed by atoms with van der Waals surface area (Å²) in [5.74, 6) is 0.854. The van der Waals surface area contributed by atoms with Crippen molar-refractivity contribution in [1.82, 2.24) is 5.32 Å². The molecule has 0 radical (unpaired) electrons. The number of furan rings is 1. The highest BCUT2D eigenvalue weighted by atomic mass is 32.2. The van der Waals surface area contributed by atoms with Gasteiger partial charge in [0.25, 0.3) is 0 Å². The molecular weight excluding hydrogens is 629 g/mol. The summed E-state index contributed by atoms with van der Waals surface area (Å²) in [7, 11) is 0. The lowest BCUT2D eigenvalue weighted by atomic mass is 9.97. The van der Waals surface area contributed by atoms with Crippen molar-refractivity contribution >= 4 is 45.2 Å². The van der Waals surface area contributed by atoms with E-state index in [1.165, 1.54) is 37.6 Å². The number of rotatable bonds is 5. The number of amidine groups is 1. The largest absolute Gasteiger partial charge is 0.456 e. The highest BCUT2D eigenvalue weighted by molar-refractivity contribution is 8.03. The number of nitrogens with zero attached hydrogens (tertiary/aromatic N) is 1. The Morgan fingerprint density at radius 3 is 1.78 bits per heavy atom. The molecule has 0 spiro atoms. The van der Waals surface area contributed by atoms with Gasteiger partial charge in [-0.15, -0.1) is 0 Å². The third-order valence-electron chi connectivity index (χ3n) is 9.79. The summed E-state index contributed by atoms with van der Waals surface area (Å²) >= 11 is 1.82. The summed E-state index contributed by atoms with van der Waals surface area (Å²) < 4.78 is 6.55. The predicted octanol–water partition coefficient (Wildman–Crippen LogP) is 12.2. The van der Waals surface area contributed by atoms with Crippen molar-refractivity contribution in [3.05, 3.63) is 191 Å². The van der Waals surface area contributed by atoms with Crippen LogP contribution in [-0.4, -0.2) is 5.84 Å². The van der Waals surface area contributed by atoms with E-state index in [2.05, 4.69) is 169 Å². The highest BCUT2D eigenvalue weighted by Crippen LogP contribution is 2.52. The molecule has 3 heterocycles. The molecule has 1 aromatic heterocycles. The van der Waals surface area contributed by atoms with Gasteiger partial charge in [0, 0.05) is 31.7 Å². The van der Waals surface area contributed by atoms with E-state index >= 15 is 0 Å². The first-order valence-corrected chi connectivity index (χ1v) is 17.7. The third-order valence-corrected chi connectivity index (χ3v) is 11.0. The average molecular weight is 659 g/mol. The molecule has 0 aliphatic carbocycles. The SMILES string of the molecule is c1ccc(-c2ccc(C3=C4Sc5ccccc5C4NC(c4cccc5oc6cc(-c7ccc(-c8ccccc8)cc7)ccc6c45)=N3)cc2)cc1. The number of nitrogens with one attached hydrogen (secondary N) is 1. The Bertz CT molecular complexity index is 2620. The molecule has 8 aromatic rings. The molecule has 3 nitrogen and oxygen atoms in total. The molecule has 0 amide bonds. The molecule has 1 N–H and O–H groups in total. The van der Waals surface area contributed by atoms with Gasteiger partial charge in [0.05, 0.1) is 11.7 Å². The Hall–Kier alpha value is -6.10. The van der Waals surface area contributed by atoms with Crippen molar-refractivity contribution in [3.63, 3.8) is 0 Å². The molecule has 7 aromatic carbocycles. The lowest BCUT2D eigenvalue weighted by Gasteiger charge is -2.25. The highest BCUT2D eigenvalue weighted by Gasteiger charge is 2.35. The molecule has 236 valence electrons. The molecule has 0 fully saturated rings. The third kappa shape index (κ3) is 4.88. The molecule has 0 saturated carbocycles. The van der Waals surface area contributed by atoms with Crippen molar-refractivity contribution in [1.29, 1.82) is 0 Å². The molecule has 2 aliphatic heterocycles. The first-order valence-electron chi connectivity index (χ1n) is 16.9. The second kappa shape index (κ2) is 11.8. The molecule has 1 unspecified atom stereocenters. The monoisotopic (exact) mass is 658 g/mol. The minimum absolute atomic E-state index is 0.0198. The average Bonchev–Trinajstić information content (AvgIpc) is 3.76. The van der Waals surface area contributed by atoms with Crippen LogP contribution in [0.15, 0.2) is 189 Å². The maximum absolute atomic E-state index is 6.55. The fourth-order valence-corrected chi connectivity index (χ4v) is 8.53. The van der Waals surface area contributed by atoms with Crippen LogP contribution in [0.25, 0.3) is 61.0 Å². The van der Waals surface area contributed by atoms with Crippen LogP contribution in [0.5, 0.6) is 0 Å². The predicted molar refractivity (Wildman–Crippen MR) is 208 cm³/mol. The Kier molecular flexibility index (Phi) is 6.81. The van der Waals surface area contributed by atoms with Gasteiger partial charge in [-0.2, -0.15) is 0 Å². The van der Waals surface area contributed by atoms with Crippen LogP contribution in [0.1, 0.15) is 22.7 Å². The minimum Gasteiger partial charge on any atom is -0.456 e. The number of fused-ring (bicyclic) bond motifs is 6. The van der Waals surface area contributed by atoms with Crippen LogP contribution < -0.4 is 5.32 Å². The summed E-state index contributed by atoms with van der Waals surface area (Å²) in [6.07, 6.45) is 0. The summed E-state index contributed by atoms with van der Waals surface area (Å²) in [5.41, 5.74) is 13.2. The summed E-state index contributed by atoms with van der Waals surface area (Å²) in [6.45, 7) is 0. The molecule has 50 heavy (non-hydrogen) atoms. The van der Waals surface area contributed by atoms with Crippen LogP contribution in [-0.2, 0) is 0 Å². The molecule has 10 rings (SSSR count). The minimum atomic E-state index is 0.0198. The zero-order chi connectivity index (χ0) is 33.0. The molecule has 0 saturated heterocycles. The molecule has 0 bridgehead atoms. The van der Waals surface area contributed by atoms with Gasteiger partial charge in [0.2, 0.25) is 0 Å². The summed E-state index contributed by atoms with van der Waals surface area (Å²) in [4.78, 5) is 7.91. The van der Waals surface area contributed by atoms with E-state index in [0.29, 0.717) is 0 Å². The van der Waals surface area contributed by atoms with Crippen molar-refractivity contribution in [2.45, 2.75) is 10.9 Å². The van der Waals surface area contributed by atoms with Crippen molar-refractivity contribution in [2.75, 3.05) is 0 Å². The maximum atomic E-state index is 6.55. The Morgan fingerprint density at radius 1 is 0.500 bits per heavy atom. The molecular formula is C46H30N2OS. The Morgan fingerprint density at radius 2 is 1.08 bits per heavy atom. The van der Waals surface area contributed by atoms with E-state index in [1.807, 2.05) is 17.8 Å². The topological polar surface area (TPSA) is 37.5 Å². The van der Waals surface area contributed by atoms with Gasteiger partial charge in [-0.05, 0) is 63.2 Å². The second-order valence-electron chi connectivity index (χ2n) is 12.8. The zero-order valence-corrected chi connectivity index (χ0v) is 27.8. The number of aliphatic imine (C=N–C) groups is 1. The Labute approximate surface area is 294 Å². The van der Waals surface area contributed by atoms with Gasteiger partial charge in [-0.3, -0.25) is 0 Å². The van der Waals surface area contributed by atoms with Crippen molar-refractivity contribution in [2.24, 2.45) is 4.99 Å². The van der Waals surface area contributed by atoms with Gasteiger partial charge in [0.15, 0.2) is 0 Å². The smallest absolute Gasteiger partial charge is 0.136 e. The fraction of sp³-hybridized carbons (Fsp3) is 0.0217. The summed E-state index contributed by atoms with van der Waals surface area (Å²) in [6, 6.07) is 60.1. The van der Waals surface area contributed by atoms with E-state index in [4.69, 9.17) is 9.41 Å². The van der Waals surface area contributed by atoms with E-state index in [1.54, 1.807) is 0 Å². The quantitative estimate of drug-likeness (QED) is 0.200. The molecule has 4 heteroatoms. The molecule has 2 aliphatic rings. The fourth-order valence-electron chi connectivity index (χ4n) is 7.28. The number of benzene rings is 7. The van der Waals surface area contributed by atoms with Crippen molar-refractivity contribution < 1.29 is 4.42 Å². The van der Waals surface area contributed by atoms with Crippen LogP contribution in [0.2, 0.25) is 0 Å². The van der Waals surface area contributed by atoms with E-state index < -0.39 is 0 Å². The van der Waals surface area contributed by atoms with Gasteiger partial charge in [-0.1, -0.05) is 157 Å². The maximum Gasteiger partial charge on any atom is 0.136 e. The normalized spacial score (nSPS) is 15.1.